The minimum atomic E-state index is 0.0906. The van der Waals surface area contributed by atoms with E-state index in [1.165, 1.54) is 5.56 Å². The highest BCUT2D eigenvalue weighted by molar-refractivity contribution is 9.10. The molecule has 0 bridgehead atoms. The van der Waals surface area contributed by atoms with Crippen LogP contribution in [-0.4, -0.2) is 24.8 Å². The number of halogens is 1. The summed E-state index contributed by atoms with van der Waals surface area (Å²) >= 11 is 3.61. The van der Waals surface area contributed by atoms with Gasteiger partial charge < -0.3 is 9.47 Å². The highest BCUT2D eigenvalue weighted by Gasteiger charge is 2.20. The first-order valence-corrected chi connectivity index (χ1v) is 12.3. The molecule has 0 aromatic heterocycles. The first-order valence-electron chi connectivity index (χ1n) is 11.5. The molecule has 3 aromatic rings. The summed E-state index contributed by atoms with van der Waals surface area (Å²) in [5, 5.41) is 4.80. The van der Waals surface area contributed by atoms with Crippen LogP contribution in [0, 0.1) is 0 Å². The second-order valence-corrected chi connectivity index (χ2v) is 9.96. The molecule has 34 heavy (non-hydrogen) atoms. The van der Waals surface area contributed by atoms with Gasteiger partial charge >= 0.3 is 0 Å². The Hall–Kier alpha value is -3.12. The first kappa shape index (κ1) is 24.0. The van der Waals surface area contributed by atoms with Crippen molar-refractivity contribution in [3.63, 3.8) is 0 Å². The van der Waals surface area contributed by atoms with Crippen molar-refractivity contribution in [1.29, 1.82) is 0 Å². The predicted octanol–water partition coefficient (Wildman–Crippen LogP) is 6.98. The van der Waals surface area contributed by atoms with E-state index in [-0.39, 0.29) is 5.41 Å². The maximum absolute atomic E-state index is 5.85. The molecule has 1 aliphatic rings. The lowest BCUT2D eigenvalue weighted by Crippen LogP contribution is -2.20. The zero-order valence-electron chi connectivity index (χ0n) is 20.3. The molecule has 5 nitrogen and oxygen atoms in total. The monoisotopic (exact) mass is 519 g/mol. The van der Waals surface area contributed by atoms with Gasteiger partial charge in [0.1, 0.15) is 5.71 Å². The summed E-state index contributed by atoms with van der Waals surface area (Å²) in [4.78, 5) is 4.94. The van der Waals surface area contributed by atoms with Crippen molar-refractivity contribution in [2.45, 2.75) is 40.0 Å². The number of ether oxygens (including phenoxy) is 2. The smallest absolute Gasteiger partial charge is 0.161 e. The van der Waals surface area contributed by atoms with Crippen molar-refractivity contribution in [2.75, 3.05) is 13.2 Å². The Kier molecular flexibility index (Phi) is 7.08. The van der Waals surface area contributed by atoms with Gasteiger partial charge in [0, 0.05) is 21.2 Å². The summed E-state index contributed by atoms with van der Waals surface area (Å²) in [7, 11) is 0. The minimum absolute atomic E-state index is 0.0906. The number of fused-ring (bicyclic) bond motifs is 1. The van der Waals surface area contributed by atoms with Gasteiger partial charge in [0.2, 0.25) is 0 Å². The molecule has 3 aromatic carbocycles. The zero-order chi connectivity index (χ0) is 24.3. The predicted molar refractivity (Wildman–Crippen MR) is 143 cm³/mol. The Bertz CT molecular complexity index is 1240. The van der Waals surface area contributed by atoms with Crippen LogP contribution in [0.15, 0.2) is 75.2 Å². The fourth-order valence-corrected chi connectivity index (χ4v) is 4.15. The molecule has 0 fully saturated rings. The Morgan fingerprint density at radius 1 is 0.824 bits per heavy atom. The van der Waals surface area contributed by atoms with Crippen molar-refractivity contribution in [3.8, 4) is 11.5 Å². The van der Waals surface area contributed by atoms with Gasteiger partial charge in [0.15, 0.2) is 17.3 Å². The Balaban J connectivity index is 1.78. The summed E-state index contributed by atoms with van der Waals surface area (Å²) in [5.41, 5.74) is 9.02. The molecule has 0 spiro atoms. The molecule has 1 N–H and O–H groups in total. The van der Waals surface area contributed by atoms with E-state index in [0.29, 0.717) is 24.8 Å². The summed E-state index contributed by atoms with van der Waals surface area (Å²) in [6.07, 6.45) is 0. The van der Waals surface area contributed by atoms with Crippen LogP contribution in [0.5, 0.6) is 11.5 Å². The third-order valence-corrected chi connectivity index (χ3v) is 6.05. The number of hydrogen-bond donors (Lipinski definition) is 1. The van der Waals surface area contributed by atoms with E-state index in [1.54, 1.807) is 0 Å². The lowest BCUT2D eigenvalue weighted by atomic mass is 9.86. The molecule has 1 aliphatic heterocycles. The SMILES string of the molecule is CCOc1ccc(C2=NNC(c3ccc(C(C)(C)C)cc3)=Nc3ccc(Br)cc32)cc1OCC. The van der Waals surface area contributed by atoms with Crippen LogP contribution in [0.4, 0.5) is 5.69 Å². The molecule has 0 saturated heterocycles. The molecular formula is C28H30BrN3O2. The van der Waals surface area contributed by atoms with Crippen LogP contribution in [0.1, 0.15) is 56.9 Å². The number of hydrogen-bond acceptors (Lipinski definition) is 5. The maximum Gasteiger partial charge on any atom is 0.161 e. The molecule has 0 aliphatic carbocycles. The molecule has 0 radical (unpaired) electrons. The van der Waals surface area contributed by atoms with Crippen molar-refractivity contribution < 1.29 is 9.47 Å². The lowest BCUT2D eigenvalue weighted by Gasteiger charge is -2.19. The van der Waals surface area contributed by atoms with Gasteiger partial charge in [-0.05, 0) is 61.2 Å². The zero-order valence-corrected chi connectivity index (χ0v) is 21.9. The number of amidine groups is 1. The van der Waals surface area contributed by atoms with Crippen LogP contribution >= 0.6 is 15.9 Å². The summed E-state index contributed by atoms with van der Waals surface area (Å²) in [6, 6.07) is 20.4. The number of rotatable bonds is 6. The lowest BCUT2D eigenvalue weighted by molar-refractivity contribution is 0.287. The molecule has 0 unspecified atom stereocenters. The van der Waals surface area contributed by atoms with E-state index in [9.17, 15) is 0 Å². The Morgan fingerprint density at radius 2 is 1.50 bits per heavy atom. The van der Waals surface area contributed by atoms with E-state index < -0.39 is 0 Å². The third-order valence-electron chi connectivity index (χ3n) is 5.56. The van der Waals surface area contributed by atoms with Gasteiger partial charge in [-0.1, -0.05) is 61.0 Å². The van der Waals surface area contributed by atoms with Crippen molar-refractivity contribution in [1.82, 2.24) is 5.43 Å². The summed E-state index contributed by atoms with van der Waals surface area (Å²) < 4.78 is 12.6. The Labute approximate surface area is 210 Å². The maximum atomic E-state index is 5.85. The van der Waals surface area contributed by atoms with E-state index in [2.05, 4.69) is 66.4 Å². The number of aliphatic imine (C=N–C) groups is 1. The summed E-state index contributed by atoms with van der Waals surface area (Å²) in [6.45, 7) is 11.7. The molecular weight excluding hydrogens is 490 g/mol. The standard InChI is InChI=1S/C28H30BrN3O2/c1-6-33-24-15-10-19(16-25(24)34-7-2)26-22-17-21(29)13-14-23(22)30-27(32-31-26)18-8-11-20(12-9-18)28(3,4)5/h8-17H,6-7H2,1-5H3,(H,30,32). The minimum Gasteiger partial charge on any atom is -0.490 e. The van der Waals surface area contributed by atoms with Crippen molar-refractivity contribution in [2.24, 2.45) is 10.1 Å². The molecule has 1 heterocycles. The Morgan fingerprint density at radius 3 is 2.18 bits per heavy atom. The van der Waals surface area contributed by atoms with Crippen LogP contribution in [0.3, 0.4) is 0 Å². The average molecular weight is 520 g/mol. The van der Waals surface area contributed by atoms with E-state index in [4.69, 9.17) is 19.6 Å². The van der Waals surface area contributed by atoms with Crippen LogP contribution in [0.2, 0.25) is 0 Å². The van der Waals surface area contributed by atoms with Gasteiger partial charge in [-0.2, -0.15) is 5.10 Å². The normalized spacial score (nSPS) is 13.2. The molecule has 6 heteroatoms. The van der Waals surface area contributed by atoms with Crippen LogP contribution < -0.4 is 14.9 Å². The molecule has 0 amide bonds. The van der Waals surface area contributed by atoms with E-state index in [1.807, 2.05) is 50.2 Å². The van der Waals surface area contributed by atoms with Crippen LogP contribution in [0.25, 0.3) is 0 Å². The molecule has 4 rings (SSSR count). The third kappa shape index (κ3) is 5.17. The number of nitrogens with zero attached hydrogens (tertiary/aromatic N) is 2. The van der Waals surface area contributed by atoms with Gasteiger partial charge in [0.05, 0.1) is 18.9 Å². The number of hydrazone groups is 1. The summed E-state index contributed by atoms with van der Waals surface area (Å²) in [5.74, 6) is 2.12. The highest BCUT2D eigenvalue weighted by atomic mass is 79.9. The van der Waals surface area contributed by atoms with Gasteiger partial charge in [0.25, 0.3) is 0 Å². The second-order valence-electron chi connectivity index (χ2n) is 9.05. The molecule has 0 saturated carbocycles. The largest absolute Gasteiger partial charge is 0.490 e. The van der Waals surface area contributed by atoms with Gasteiger partial charge in [-0.15, -0.1) is 0 Å². The van der Waals surface area contributed by atoms with Crippen LogP contribution in [-0.2, 0) is 5.41 Å². The first-order chi connectivity index (χ1) is 16.3. The fourth-order valence-electron chi connectivity index (χ4n) is 3.79. The number of benzene rings is 3. The quantitative estimate of drug-likeness (QED) is 0.382. The molecule has 0 atom stereocenters. The van der Waals surface area contributed by atoms with Gasteiger partial charge in [-0.25, -0.2) is 4.99 Å². The van der Waals surface area contributed by atoms with Gasteiger partial charge in [-0.3, -0.25) is 5.43 Å². The topological polar surface area (TPSA) is 55.2 Å². The van der Waals surface area contributed by atoms with E-state index >= 15 is 0 Å². The van der Waals surface area contributed by atoms with Crippen molar-refractivity contribution >= 4 is 33.2 Å². The molecule has 176 valence electrons. The van der Waals surface area contributed by atoms with E-state index in [0.717, 1.165) is 38.3 Å². The second kappa shape index (κ2) is 10.0. The van der Waals surface area contributed by atoms with Crippen molar-refractivity contribution in [3.05, 3.63) is 87.4 Å². The fraction of sp³-hybridized carbons (Fsp3) is 0.286. The average Bonchev–Trinajstić information content (AvgIpc) is 2.99. The highest BCUT2D eigenvalue weighted by Crippen LogP contribution is 2.33. The number of nitrogens with one attached hydrogen (secondary N) is 1.